The van der Waals surface area contributed by atoms with Gasteiger partial charge in [0, 0.05) is 64.5 Å². The van der Waals surface area contributed by atoms with Gasteiger partial charge in [-0.15, -0.1) is 0 Å². The van der Waals surface area contributed by atoms with E-state index < -0.39 is 6.10 Å². The number of carbonyl (C=O) groups is 1. The van der Waals surface area contributed by atoms with E-state index in [0.29, 0.717) is 17.9 Å². The van der Waals surface area contributed by atoms with Crippen LogP contribution in [-0.2, 0) is 22.5 Å². The lowest BCUT2D eigenvalue weighted by atomic mass is 10.00. The Bertz CT molecular complexity index is 903. The van der Waals surface area contributed by atoms with Crippen LogP contribution in [0.3, 0.4) is 0 Å². The van der Waals surface area contributed by atoms with Crippen molar-refractivity contribution in [1.82, 2.24) is 20.0 Å². The molecule has 1 amide bonds. The summed E-state index contributed by atoms with van der Waals surface area (Å²) in [6, 6.07) is 8.44. The zero-order valence-electron chi connectivity index (χ0n) is 20.9. The van der Waals surface area contributed by atoms with Gasteiger partial charge in [0.05, 0.1) is 13.2 Å². The van der Waals surface area contributed by atoms with E-state index in [1.165, 1.54) is 18.2 Å². The maximum Gasteiger partial charge on any atom is 0.251 e. The third-order valence-corrected chi connectivity index (χ3v) is 6.49. The first kappa shape index (κ1) is 26.2. The Hall–Kier alpha value is -2.45. The van der Waals surface area contributed by atoms with E-state index in [2.05, 4.69) is 57.9 Å². The average Bonchev–Trinajstić information content (AvgIpc) is 2.83. The van der Waals surface area contributed by atoms with E-state index in [4.69, 9.17) is 4.74 Å². The van der Waals surface area contributed by atoms with E-state index in [1.54, 1.807) is 6.08 Å². The summed E-state index contributed by atoms with van der Waals surface area (Å²) < 4.78 is 5.18. The van der Waals surface area contributed by atoms with Crippen LogP contribution in [0.5, 0.6) is 0 Å². The van der Waals surface area contributed by atoms with Crippen molar-refractivity contribution in [3.63, 3.8) is 0 Å². The van der Waals surface area contributed by atoms with Crippen molar-refractivity contribution in [3.05, 3.63) is 71.0 Å². The number of aliphatic hydroxyl groups is 1. The van der Waals surface area contributed by atoms with Gasteiger partial charge in [-0.05, 0) is 43.7 Å². The lowest BCUT2D eigenvalue weighted by molar-refractivity contribution is -0.117. The minimum Gasteiger partial charge on any atom is -0.497 e. The largest absolute Gasteiger partial charge is 0.497 e. The maximum absolute atomic E-state index is 13.0. The summed E-state index contributed by atoms with van der Waals surface area (Å²) in [4.78, 5) is 19.9. The van der Waals surface area contributed by atoms with Gasteiger partial charge in [0.15, 0.2) is 0 Å². The predicted octanol–water partition coefficient (Wildman–Crippen LogP) is 1.80. The molecular weight excluding hydrogens is 428 g/mol. The molecule has 0 radical (unpaired) electrons. The highest BCUT2D eigenvalue weighted by molar-refractivity contribution is 5.96. The fraction of sp³-hybridized carbons (Fsp3) is 0.519. The number of β-amino-alcohol motifs (C(OH)–C–C–N with tert-alkyl or cyclic N) is 1. The summed E-state index contributed by atoms with van der Waals surface area (Å²) in [5, 5.41) is 13.5. The molecule has 1 aromatic rings. The third kappa shape index (κ3) is 8.09. The quantitative estimate of drug-likeness (QED) is 0.310. The monoisotopic (exact) mass is 468 g/mol. The molecule has 3 rings (SSSR count). The third-order valence-electron chi connectivity index (χ3n) is 6.49. The number of methoxy groups -OCH3 is 1. The molecule has 0 spiro atoms. The number of nitrogens with zero attached hydrogens (tertiary/aromatic N) is 3. The molecule has 0 saturated carbocycles. The highest BCUT2D eigenvalue weighted by atomic mass is 16.5. The Balaban J connectivity index is 1.53. The first-order valence-electron chi connectivity index (χ1n) is 12.1. The van der Waals surface area contributed by atoms with Gasteiger partial charge < -0.3 is 20.1 Å². The highest BCUT2D eigenvalue weighted by Gasteiger charge is 2.19. The van der Waals surface area contributed by atoms with Crippen LogP contribution >= 0.6 is 0 Å². The smallest absolute Gasteiger partial charge is 0.251 e. The van der Waals surface area contributed by atoms with Crippen LogP contribution in [0.4, 0.5) is 0 Å². The molecule has 1 fully saturated rings. The molecule has 2 heterocycles. The molecule has 1 atom stereocenters. The number of nitrogens with one attached hydrogen (secondary N) is 1. The van der Waals surface area contributed by atoms with Crippen molar-refractivity contribution in [2.75, 3.05) is 66.5 Å². The van der Waals surface area contributed by atoms with Crippen LogP contribution in [-0.4, -0.2) is 98.3 Å². The van der Waals surface area contributed by atoms with E-state index in [0.717, 1.165) is 57.8 Å². The number of rotatable bonds is 10. The Kier molecular flexibility index (Phi) is 9.89. The lowest BCUT2D eigenvalue weighted by Crippen LogP contribution is -2.44. The van der Waals surface area contributed by atoms with Gasteiger partial charge in [-0.1, -0.05) is 36.4 Å². The zero-order chi connectivity index (χ0) is 24.5. The minimum atomic E-state index is -0.642. The van der Waals surface area contributed by atoms with Crippen LogP contribution in [0.2, 0.25) is 0 Å². The van der Waals surface area contributed by atoms with E-state index in [-0.39, 0.29) is 12.5 Å². The first-order chi connectivity index (χ1) is 16.3. The number of fused-ring (bicyclic) bond motifs is 1. The Morgan fingerprint density at radius 3 is 2.56 bits per heavy atom. The molecule has 1 aromatic carbocycles. The molecule has 7 heteroatoms. The molecule has 2 aliphatic heterocycles. The van der Waals surface area contributed by atoms with Gasteiger partial charge in [0.1, 0.15) is 5.76 Å². The maximum atomic E-state index is 13.0. The summed E-state index contributed by atoms with van der Waals surface area (Å²) in [5.74, 6) is 0.181. The summed E-state index contributed by atoms with van der Waals surface area (Å²) >= 11 is 0. The first-order valence-corrected chi connectivity index (χ1v) is 12.1. The molecule has 34 heavy (non-hydrogen) atoms. The fourth-order valence-corrected chi connectivity index (χ4v) is 4.46. The number of hydrogen-bond donors (Lipinski definition) is 2. The molecule has 7 nitrogen and oxygen atoms in total. The molecule has 0 bridgehead atoms. The lowest BCUT2D eigenvalue weighted by Gasteiger charge is -2.32. The number of aliphatic hydroxyl groups excluding tert-OH is 1. The summed E-state index contributed by atoms with van der Waals surface area (Å²) in [5.41, 5.74) is 4.28. The van der Waals surface area contributed by atoms with Crippen LogP contribution in [0.25, 0.3) is 0 Å². The second-order valence-corrected chi connectivity index (χ2v) is 9.46. The van der Waals surface area contributed by atoms with Crippen molar-refractivity contribution in [2.24, 2.45) is 0 Å². The predicted molar refractivity (Wildman–Crippen MR) is 136 cm³/mol. The normalized spacial score (nSPS) is 19.4. The Labute approximate surface area is 204 Å². The van der Waals surface area contributed by atoms with Crippen molar-refractivity contribution in [3.8, 4) is 0 Å². The number of likely N-dealkylation sites (N-methyl/N-ethyl adjacent to an activating group) is 1. The Morgan fingerprint density at radius 1 is 1.15 bits per heavy atom. The van der Waals surface area contributed by atoms with Gasteiger partial charge in [-0.3, -0.25) is 14.6 Å². The molecule has 2 aliphatic rings. The number of allylic oxidation sites excluding steroid dienone is 1. The molecular formula is C27H40N4O3. The molecule has 0 aliphatic carbocycles. The van der Waals surface area contributed by atoms with Crippen LogP contribution in [0.15, 0.2) is 59.9 Å². The topological polar surface area (TPSA) is 68.3 Å². The highest BCUT2D eigenvalue weighted by Crippen LogP contribution is 2.18. The standard InChI is InChI=1S/C27H40N4O3/c1-21(18-30-13-11-29(3)12-14-30)15-25(16-22(2)34-4)27(33)28-17-26(32)20-31-10-9-23-7-5-6-8-24(23)19-31/h5-8,15-16,26,32H,2,9-14,17-20H2,1,3-4H3,(H,28,33)/b21-15+,25-16+. The van der Waals surface area contributed by atoms with Crippen molar-refractivity contribution < 1.29 is 14.6 Å². The zero-order valence-corrected chi connectivity index (χ0v) is 20.9. The van der Waals surface area contributed by atoms with Crippen molar-refractivity contribution in [1.29, 1.82) is 0 Å². The second-order valence-electron chi connectivity index (χ2n) is 9.46. The van der Waals surface area contributed by atoms with Gasteiger partial charge in [-0.25, -0.2) is 0 Å². The number of ether oxygens (including phenoxy) is 1. The number of amides is 1. The molecule has 1 unspecified atom stereocenters. The van der Waals surface area contributed by atoms with Crippen molar-refractivity contribution in [2.45, 2.75) is 26.0 Å². The van der Waals surface area contributed by atoms with Gasteiger partial charge in [-0.2, -0.15) is 0 Å². The van der Waals surface area contributed by atoms with Gasteiger partial charge >= 0.3 is 0 Å². The second kappa shape index (κ2) is 12.9. The van der Waals surface area contributed by atoms with Crippen LogP contribution in [0, 0.1) is 0 Å². The van der Waals surface area contributed by atoms with Crippen LogP contribution < -0.4 is 5.32 Å². The average molecular weight is 469 g/mol. The van der Waals surface area contributed by atoms with Gasteiger partial charge in [0.25, 0.3) is 5.91 Å². The Morgan fingerprint density at radius 2 is 1.85 bits per heavy atom. The summed E-state index contributed by atoms with van der Waals surface area (Å²) in [6.07, 6.45) is 3.89. The van der Waals surface area contributed by atoms with E-state index >= 15 is 0 Å². The molecule has 1 saturated heterocycles. The SMILES string of the molecule is C=C(/C=C(\C=C(/C)CN1CCN(C)CC1)C(=O)NCC(O)CN1CCc2ccccc2C1)OC. The number of hydrogen-bond acceptors (Lipinski definition) is 6. The minimum absolute atomic E-state index is 0.194. The molecule has 2 N–H and O–H groups in total. The van der Waals surface area contributed by atoms with Crippen LogP contribution in [0.1, 0.15) is 18.1 Å². The van der Waals surface area contributed by atoms with E-state index in [9.17, 15) is 9.90 Å². The number of benzene rings is 1. The van der Waals surface area contributed by atoms with Gasteiger partial charge in [0.2, 0.25) is 0 Å². The van der Waals surface area contributed by atoms with Crippen molar-refractivity contribution >= 4 is 5.91 Å². The molecule has 186 valence electrons. The number of piperazine rings is 1. The van der Waals surface area contributed by atoms with E-state index in [1.807, 2.05) is 13.0 Å². The fourth-order valence-electron chi connectivity index (χ4n) is 4.46. The number of carbonyl (C=O) groups excluding carboxylic acids is 1. The molecule has 0 aromatic heterocycles. The summed E-state index contributed by atoms with van der Waals surface area (Å²) in [6.45, 7) is 13.3. The summed E-state index contributed by atoms with van der Waals surface area (Å²) in [7, 11) is 3.68.